The van der Waals surface area contributed by atoms with Gasteiger partial charge in [0.25, 0.3) is 0 Å². The van der Waals surface area contributed by atoms with E-state index in [0.29, 0.717) is 0 Å². The minimum atomic E-state index is 0.282. The summed E-state index contributed by atoms with van der Waals surface area (Å²) in [6.45, 7) is 7.62. The third-order valence-electron chi connectivity index (χ3n) is 3.37. The van der Waals surface area contributed by atoms with E-state index in [1.165, 1.54) is 28.9 Å². The highest BCUT2D eigenvalue weighted by molar-refractivity contribution is 14.1. The van der Waals surface area contributed by atoms with Crippen LogP contribution in [0.2, 0.25) is 0 Å². The van der Waals surface area contributed by atoms with Crippen LogP contribution in [0.25, 0.3) is 0 Å². The van der Waals surface area contributed by atoms with Crippen molar-refractivity contribution in [2.24, 2.45) is 0 Å². The van der Waals surface area contributed by atoms with Crippen molar-refractivity contribution in [1.82, 2.24) is 5.32 Å². The van der Waals surface area contributed by atoms with Crippen LogP contribution in [0, 0.1) is 17.4 Å². The van der Waals surface area contributed by atoms with Gasteiger partial charge < -0.3 is 5.32 Å². The summed E-state index contributed by atoms with van der Waals surface area (Å²) in [6, 6.07) is 9.12. The standard InChI is InChI=1S/C16H19BrINS/c1-4-8-19-16(13-9-14(17)20-11(13)3)12-7-5-6-10(2)15(12)18/h5-7,9,16,19H,4,8H2,1-3H3. The lowest BCUT2D eigenvalue weighted by atomic mass is 9.98. The number of rotatable bonds is 5. The second-order valence-corrected chi connectivity index (χ2v) is 8.64. The van der Waals surface area contributed by atoms with E-state index in [1.807, 2.05) is 11.3 Å². The van der Waals surface area contributed by atoms with Gasteiger partial charge in [-0.2, -0.15) is 0 Å². The Bertz CT molecular complexity index is 594. The van der Waals surface area contributed by atoms with Gasteiger partial charge in [-0.3, -0.25) is 0 Å². The van der Waals surface area contributed by atoms with Crippen molar-refractivity contribution in [2.75, 3.05) is 6.54 Å². The smallest absolute Gasteiger partial charge is 0.0704 e. The van der Waals surface area contributed by atoms with E-state index in [2.05, 4.69) is 88.9 Å². The predicted molar refractivity (Wildman–Crippen MR) is 101 cm³/mol. The Kier molecular flexibility index (Phi) is 6.08. The molecule has 1 heterocycles. The molecular formula is C16H19BrINS. The van der Waals surface area contributed by atoms with Gasteiger partial charge in [-0.05, 0) is 88.1 Å². The Balaban J connectivity index is 2.47. The normalized spacial score (nSPS) is 12.7. The van der Waals surface area contributed by atoms with Crippen LogP contribution in [0.15, 0.2) is 28.1 Å². The fourth-order valence-electron chi connectivity index (χ4n) is 2.31. The summed E-state index contributed by atoms with van der Waals surface area (Å²) in [5.41, 5.74) is 4.12. The van der Waals surface area contributed by atoms with E-state index in [0.717, 1.165) is 13.0 Å². The zero-order valence-electron chi connectivity index (χ0n) is 12.0. The number of hydrogen-bond acceptors (Lipinski definition) is 2. The molecule has 0 spiro atoms. The van der Waals surface area contributed by atoms with Crippen molar-refractivity contribution >= 4 is 49.9 Å². The molecule has 1 nitrogen and oxygen atoms in total. The highest BCUT2D eigenvalue weighted by Crippen LogP contribution is 2.35. The van der Waals surface area contributed by atoms with Crippen LogP contribution in [0.5, 0.6) is 0 Å². The van der Waals surface area contributed by atoms with E-state index >= 15 is 0 Å². The first-order chi connectivity index (χ1) is 9.54. The lowest BCUT2D eigenvalue weighted by molar-refractivity contribution is 0.595. The molecular weight excluding hydrogens is 445 g/mol. The van der Waals surface area contributed by atoms with Crippen molar-refractivity contribution in [3.63, 3.8) is 0 Å². The van der Waals surface area contributed by atoms with Crippen molar-refractivity contribution < 1.29 is 0 Å². The summed E-state index contributed by atoms with van der Waals surface area (Å²) in [6.07, 6.45) is 1.14. The maximum absolute atomic E-state index is 3.71. The van der Waals surface area contributed by atoms with Crippen molar-refractivity contribution in [3.8, 4) is 0 Å². The van der Waals surface area contributed by atoms with E-state index in [9.17, 15) is 0 Å². The molecule has 108 valence electrons. The molecule has 1 aromatic heterocycles. The maximum atomic E-state index is 3.71. The first-order valence-electron chi connectivity index (χ1n) is 6.78. The SMILES string of the molecule is CCCNC(c1cc(Br)sc1C)c1cccc(C)c1I. The zero-order valence-corrected chi connectivity index (χ0v) is 16.5. The molecule has 1 aromatic carbocycles. The molecule has 0 radical (unpaired) electrons. The summed E-state index contributed by atoms with van der Waals surface area (Å²) in [4.78, 5) is 1.38. The molecule has 0 saturated heterocycles. The Hall–Kier alpha value is 0.0900. The summed E-state index contributed by atoms with van der Waals surface area (Å²) in [7, 11) is 0. The van der Waals surface area contributed by atoms with Crippen LogP contribution in [0.3, 0.4) is 0 Å². The average Bonchev–Trinajstić information content (AvgIpc) is 2.74. The molecule has 0 aliphatic heterocycles. The van der Waals surface area contributed by atoms with Crippen LogP contribution < -0.4 is 5.32 Å². The molecule has 2 aromatic rings. The highest BCUT2D eigenvalue weighted by atomic mass is 127. The van der Waals surface area contributed by atoms with Gasteiger partial charge >= 0.3 is 0 Å². The molecule has 0 fully saturated rings. The average molecular weight is 464 g/mol. The van der Waals surface area contributed by atoms with E-state index in [-0.39, 0.29) is 6.04 Å². The minimum absolute atomic E-state index is 0.282. The molecule has 0 aliphatic rings. The van der Waals surface area contributed by atoms with Crippen molar-refractivity contribution in [3.05, 3.63) is 53.2 Å². The quantitative estimate of drug-likeness (QED) is 0.550. The molecule has 0 amide bonds. The molecule has 4 heteroatoms. The van der Waals surface area contributed by atoms with E-state index in [1.54, 1.807) is 0 Å². The number of halogens is 2. The van der Waals surface area contributed by atoms with Gasteiger partial charge in [0.05, 0.1) is 9.83 Å². The molecule has 1 N–H and O–H groups in total. The molecule has 2 rings (SSSR count). The summed E-state index contributed by atoms with van der Waals surface area (Å²) in [5, 5.41) is 3.71. The summed E-state index contributed by atoms with van der Waals surface area (Å²) >= 11 is 7.89. The Labute approximate surface area is 147 Å². The van der Waals surface area contributed by atoms with Crippen molar-refractivity contribution in [1.29, 1.82) is 0 Å². The molecule has 1 atom stereocenters. The fraction of sp³-hybridized carbons (Fsp3) is 0.375. The van der Waals surface area contributed by atoms with Crippen LogP contribution in [0.4, 0.5) is 0 Å². The number of thiophene rings is 1. The Morgan fingerprint density at radius 1 is 1.30 bits per heavy atom. The third kappa shape index (κ3) is 3.64. The first-order valence-corrected chi connectivity index (χ1v) is 9.47. The zero-order chi connectivity index (χ0) is 14.7. The molecule has 20 heavy (non-hydrogen) atoms. The van der Waals surface area contributed by atoms with Crippen LogP contribution in [0.1, 0.15) is 41.0 Å². The monoisotopic (exact) mass is 463 g/mol. The van der Waals surface area contributed by atoms with Crippen LogP contribution >= 0.6 is 49.9 Å². The molecule has 0 aliphatic carbocycles. The molecule has 0 bridgehead atoms. The first kappa shape index (κ1) is 16.5. The predicted octanol–water partition coefficient (Wildman–Crippen LogP) is 5.82. The van der Waals surface area contributed by atoms with Crippen molar-refractivity contribution in [2.45, 2.75) is 33.2 Å². The number of benzene rings is 1. The van der Waals surface area contributed by atoms with Crippen LogP contribution in [-0.2, 0) is 0 Å². The Morgan fingerprint density at radius 3 is 2.65 bits per heavy atom. The summed E-state index contributed by atoms with van der Waals surface area (Å²) < 4.78 is 2.57. The Morgan fingerprint density at radius 2 is 2.05 bits per heavy atom. The van der Waals surface area contributed by atoms with Gasteiger partial charge in [0.15, 0.2) is 0 Å². The topological polar surface area (TPSA) is 12.0 Å². The second-order valence-electron chi connectivity index (χ2n) is 4.93. The number of hydrogen-bond donors (Lipinski definition) is 1. The van der Waals surface area contributed by atoms with Gasteiger partial charge in [-0.15, -0.1) is 11.3 Å². The highest BCUT2D eigenvalue weighted by Gasteiger charge is 2.20. The third-order valence-corrected chi connectivity index (χ3v) is 6.41. The molecule has 0 saturated carbocycles. The van der Waals surface area contributed by atoms with E-state index < -0.39 is 0 Å². The lowest BCUT2D eigenvalue weighted by Crippen LogP contribution is -2.24. The van der Waals surface area contributed by atoms with Gasteiger partial charge in [-0.1, -0.05) is 25.1 Å². The van der Waals surface area contributed by atoms with Gasteiger partial charge in [-0.25, -0.2) is 0 Å². The van der Waals surface area contributed by atoms with Crippen LogP contribution in [-0.4, -0.2) is 6.54 Å². The minimum Gasteiger partial charge on any atom is -0.306 e. The maximum Gasteiger partial charge on any atom is 0.0704 e. The number of nitrogens with one attached hydrogen (secondary N) is 1. The number of aryl methyl sites for hydroxylation is 2. The summed E-state index contributed by atoms with van der Waals surface area (Å²) in [5.74, 6) is 0. The lowest BCUT2D eigenvalue weighted by Gasteiger charge is -2.21. The largest absolute Gasteiger partial charge is 0.306 e. The second kappa shape index (κ2) is 7.38. The molecule has 1 unspecified atom stereocenters. The van der Waals surface area contributed by atoms with E-state index in [4.69, 9.17) is 0 Å². The van der Waals surface area contributed by atoms with Gasteiger partial charge in [0.1, 0.15) is 0 Å². The fourth-order valence-corrected chi connectivity index (χ4v) is 4.73. The van der Waals surface area contributed by atoms with Gasteiger partial charge in [0, 0.05) is 8.45 Å². The van der Waals surface area contributed by atoms with Gasteiger partial charge in [0.2, 0.25) is 0 Å².